The summed E-state index contributed by atoms with van der Waals surface area (Å²) in [4.78, 5) is 8.26. The summed E-state index contributed by atoms with van der Waals surface area (Å²) in [6.07, 6.45) is 5.11. The average Bonchev–Trinajstić information content (AvgIpc) is 2.73. The zero-order chi connectivity index (χ0) is 11.4. The van der Waals surface area contributed by atoms with Crippen LogP contribution in [0.25, 0.3) is 0 Å². The molecule has 1 unspecified atom stereocenters. The van der Waals surface area contributed by atoms with Crippen LogP contribution in [0.3, 0.4) is 0 Å². The number of hydrogen-bond acceptors (Lipinski definition) is 5. The zero-order valence-electron chi connectivity index (χ0n) is 9.34. The van der Waals surface area contributed by atoms with Crippen LogP contribution in [-0.2, 0) is 6.54 Å². The minimum atomic E-state index is 0.144. The van der Waals surface area contributed by atoms with Gasteiger partial charge in [-0.3, -0.25) is 9.97 Å². The van der Waals surface area contributed by atoms with Crippen molar-refractivity contribution in [1.82, 2.24) is 20.4 Å². The molecule has 0 radical (unpaired) electrons. The third-order valence-electron chi connectivity index (χ3n) is 2.29. The largest absolute Gasteiger partial charge is 0.361 e. The van der Waals surface area contributed by atoms with Crippen LogP contribution in [0, 0.1) is 6.92 Å². The Bertz CT molecular complexity index is 440. The van der Waals surface area contributed by atoms with Gasteiger partial charge in [-0.1, -0.05) is 5.16 Å². The van der Waals surface area contributed by atoms with E-state index >= 15 is 0 Å². The van der Waals surface area contributed by atoms with Crippen LogP contribution in [0.4, 0.5) is 0 Å². The summed E-state index contributed by atoms with van der Waals surface area (Å²) in [5.74, 6) is 0.823. The van der Waals surface area contributed by atoms with Gasteiger partial charge in [-0.2, -0.15) is 0 Å². The van der Waals surface area contributed by atoms with Gasteiger partial charge in [0, 0.05) is 37.2 Å². The molecule has 0 amide bonds. The number of nitrogens with zero attached hydrogens (tertiary/aromatic N) is 3. The van der Waals surface area contributed by atoms with Crippen LogP contribution in [0.2, 0.25) is 0 Å². The van der Waals surface area contributed by atoms with E-state index in [0.717, 1.165) is 17.1 Å². The van der Waals surface area contributed by atoms with Crippen molar-refractivity contribution in [1.29, 1.82) is 0 Å². The molecule has 1 N–H and O–H groups in total. The van der Waals surface area contributed by atoms with Crippen LogP contribution in [-0.4, -0.2) is 15.1 Å². The van der Waals surface area contributed by atoms with Gasteiger partial charge < -0.3 is 9.84 Å². The lowest BCUT2D eigenvalue weighted by atomic mass is 10.2. The minimum absolute atomic E-state index is 0.144. The summed E-state index contributed by atoms with van der Waals surface area (Å²) < 4.78 is 4.98. The van der Waals surface area contributed by atoms with Crippen LogP contribution in [0.1, 0.15) is 30.1 Å². The molecule has 0 saturated heterocycles. The Hall–Kier alpha value is -1.75. The van der Waals surface area contributed by atoms with E-state index in [2.05, 4.69) is 20.4 Å². The Morgan fingerprint density at radius 2 is 2.31 bits per heavy atom. The Morgan fingerprint density at radius 1 is 1.44 bits per heavy atom. The van der Waals surface area contributed by atoms with Crippen LogP contribution < -0.4 is 5.32 Å². The van der Waals surface area contributed by atoms with Crippen molar-refractivity contribution < 1.29 is 4.52 Å². The third kappa shape index (κ3) is 2.64. The molecule has 0 fully saturated rings. The molecule has 84 valence electrons. The molecule has 0 spiro atoms. The fraction of sp³-hybridized carbons (Fsp3) is 0.364. The van der Waals surface area contributed by atoms with Crippen LogP contribution in [0.15, 0.2) is 29.2 Å². The zero-order valence-corrected chi connectivity index (χ0v) is 9.34. The second-order valence-corrected chi connectivity index (χ2v) is 3.66. The predicted molar refractivity (Wildman–Crippen MR) is 58.5 cm³/mol. The van der Waals surface area contributed by atoms with Gasteiger partial charge >= 0.3 is 0 Å². The van der Waals surface area contributed by atoms with E-state index in [1.165, 1.54) is 0 Å². The molecule has 0 saturated carbocycles. The van der Waals surface area contributed by atoms with Crippen LogP contribution in [0.5, 0.6) is 0 Å². The van der Waals surface area contributed by atoms with Crippen molar-refractivity contribution in [2.75, 3.05) is 0 Å². The van der Waals surface area contributed by atoms with E-state index in [-0.39, 0.29) is 6.04 Å². The topological polar surface area (TPSA) is 63.8 Å². The van der Waals surface area contributed by atoms with E-state index in [0.29, 0.717) is 6.54 Å². The SMILES string of the molecule is Cc1cc(CNC(C)c2cnccn2)no1. The molecule has 5 nitrogen and oxygen atoms in total. The molecule has 16 heavy (non-hydrogen) atoms. The molecule has 0 aliphatic heterocycles. The van der Waals surface area contributed by atoms with Crippen molar-refractivity contribution in [2.45, 2.75) is 26.4 Å². The first kappa shape index (κ1) is 10.8. The summed E-state index contributed by atoms with van der Waals surface area (Å²) >= 11 is 0. The summed E-state index contributed by atoms with van der Waals surface area (Å²) in [7, 11) is 0. The van der Waals surface area contributed by atoms with Crippen molar-refractivity contribution in [3.05, 3.63) is 41.8 Å². The maximum absolute atomic E-state index is 4.98. The van der Waals surface area contributed by atoms with Gasteiger partial charge in [0.15, 0.2) is 0 Å². The Labute approximate surface area is 93.9 Å². The normalized spacial score (nSPS) is 12.6. The Kier molecular flexibility index (Phi) is 3.26. The van der Waals surface area contributed by atoms with Crippen molar-refractivity contribution in [3.8, 4) is 0 Å². The predicted octanol–water partition coefficient (Wildman–Crippen LogP) is 1.62. The summed E-state index contributed by atoms with van der Waals surface area (Å²) in [5.41, 5.74) is 1.82. The first-order valence-corrected chi connectivity index (χ1v) is 5.17. The summed E-state index contributed by atoms with van der Waals surface area (Å²) in [6, 6.07) is 2.06. The molecule has 2 rings (SSSR count). The van der Waals surface area contributed by atoms with Crippen molar-refractivity contribution >= 4 is 0 Å². The second kappa shape index (κ2) is 4.85. The first-order chi connectivity index (χ1) is 7.75. The van der Waals surface area contributed by atoms with Crippen LogP contribution >= 0.6 is 0 Å². The van der Waals surface area contributed by atoms with Gasteiger partial charge in [-0.25, -0.2) is 0 Å². The molecule has 2 aromatic rings. The molecular weight excluding hydrogens is 204 g/mol. The molecule has 2 heterocycles. The molecule has 0 aromatic carbocycles. The number of nitrogens with one attached hydrogen (secondary N) is 1. The van der Waals surface area contributed by atoms with E-state index in [4.69, 9.17) is 4.52 Å². The maximum atomic E-state index is 4.98. The van der Waals surface area contributed by atoms with E-state index in [1.54, 1.807) is 18.6 Å². The number of rotatable bonds is 4. The van der Waals surface area contributed by atoms with Crippen molar-refractivity contribution in [3.63, 3.8) is 0 Å². The highest BCUT2D eigenvalue weighted by atomic mass is 16.5. The molecular formula is C11H14N4O. The van der Waals surface area contributed by atoms with Gasteiger partial charge in [-0.15, -0.1) is 0 Å². The number of aromatic nitrogens is 3. The molecule has 1 atom stereocenters. The third-order valence-corrected chi connectivity index (χ3v) is 2.29. The fourth-order valence-corrected chi connectivity index (χ4v) is 1.40. The molecule has 0 aliphatic rings. The standard InChI is InChI=1S/C11H14N4O/c1-8-5-10(15-16-8)6-14-9(2)11-7-12-3-4-13-11/h3-5,7,9,14H,6H2,1-2H3. The van der Waals surface area contributed by atoms with Gasteiger partial charge in [0.05, 0.1) is 11.4 Å². The van der Waals surface area contributed by atoms with Gasteiger partial charge in [0.1, 0.15) is 5.76 Å². The summed E-state index contributed by atoms with van der Waals surface area (Å²) in [6.45, 7) is 4.58. The number of aryl methyl sites for hydroxylation is 1. The molecule has 5 heteroatoms. The van der Waals surface area contributed by atoms with Gasteiger partial charge in [0.25, 0.3) is 0 Å². The fourth-order valence-electron chi connectivity index (χ4n) is 1.40. The van der Waals surface area contributed by atoms with E-state index in [9.17, 15) is 0 Å². The first-order valence-electron chi connectivity index (χ1n) is 5.17. The molecule has 0 aliphatic carbocycles. The highest BCUT2D eigenvalue weighted by molar-refractivity contribution is 5.05. The van der Waals surface area contributed by atoms with Crippen molar-refractivity contribution in [2.24, 2.45) is 0 Å². The lowest BCUT2D eigenvalue weighted by Gasteiger charge is -2.10. The van der Waals surface area contributed by atoms with E-state index < -0.39 is 0 Å². The Balaban J connectivity index is 1.91. The van der Waals surface area contributed by atoms with E-state index in [1.807, 2.05) is 19.9 Å². The van der Waals surface area contributed by atoms with Gasteiger partial charge in [0.2, 0.25) is 0 Å². The quantitative estimate of drug-likeness (QED) is 0.844. The monoisotopic (exact) mass is 218 g/mol. The molecule has 2 aromatic heterocycles. The number of hydrogen-bond donors (Lipinski definition) is 1. The Morgan fingerprint density at radius 3 is 2.94 bits per heavy atom. The lowest BCUT2D eigenvalue weighted by molar-refractivity contribution is 0.386. The highest BCUT2D eigenvalue weighted by Gasteiger charge is 2.07. The average molecular weight is 218 g/mol. The minimum Gasteiger partial charge on any atom is -0.361 e. The maximum Gasteiger partial charge on any atom is 0.133 e. The van der Waals surface area contributed by atoms with Gasteiger partial charge in [-0.05, 0) is 13.8 Å². The smallest absolute Gasteiger partial charge is 0.133 e. The molecule has 0 bridgehead atoms. The highest BCUT2D eigenvalue weighted by Crippen LogP contribution is 2.08. The second-order valence-electron chi connectivity index (χ2n) is 3.66. The summed E-state index contributed by atoms with van der Waals surface area (Å²) in [5, 5.41) is 7.21. The lowest BCUT2D eigenvalue weighted by Crippen LogP contribution is -2.19.